The molecule has 0 radical (unpaired) electrons. The van der Waals surface area contributed by atoms with Crippen LogP contribution in [0.1, 0.15) is 31.7 Å². The van der Waals surface area contributed by atoms with Crippen molar-refractivity contribution in [3.63, 3.8) is 0 Å². The number of imidazole rings is 1. The molecule has 2 saturated heterocycles. The van der Waals surface area contributed by atoms with E-state index >= 15 is 0 Å². The molecule has 2 atom stereocenters. The standard InChI is InChI=1S/C21H28N4O2.CH2O2/c1-17-21(26)25-10-3-6-19(25)15-24(17)14-18-5-2-7-20(13-18)27-12-4-9-23-11-8-22-16-23;2-1-3/h2,5,7-8,11,13,16-17,19H,3-4,6,9-10,12,14-15H2,1H3;1H,(H,2,3)/t17-,19-;/m1./s1. The van der Waals surface area contributed by atoms with Crippen LogP contribution in [-0.4, -0.2) is 68.6 Å². The average molecular weight is 415 g/mol. The molecule has 2 aromatic rings. The molecule has 0 unspecified atom stereocenters. The molecule has 0 aliphatic carbocycles. The predicted molar refractivity (Wildman–Crippen MR) is 112 cm³/mol. The van der Waals surface area contributed by atoms with Crippen LogP contribution in [0, 0.1) is 0 Å². The molecule has 30 heavy (non-hydrogen) atoms. The Morgan fingerprint density at radius 2 is 2.20 bits per heavy atom. The van der Waals surface area contributed by atoms with Crippen molar-refractivity contribution in [3.05, 3.63) is 48.5 Å². The number of ether oxygens (including phenoxy) is 1. The number of rotatable bonds is 7. The number of hydrogen-bond donors (Lipinski definition) is 1. The summed E-state index contributed by atoms with van der Waals surface area (Å²) in [5.74, 6) is 1.19. The molecule has 8 nitrogen and oxygen atoms in total. The molecule has 2 aliphatic heterocycles. The van der Waals surface area contributed by atoms with E-state index in [1.807, 2.05) is 31.6 Å². The van der Waals surface area contributed by atoms with Crippen molar-refractivity contribution in [2.45, 2.75) is 51.4 Å². The van der Waals surface area contributed by atoms with Crippen molar-refractivity contribution in [2.24, 2.45) is 0 Å². The summed E-state index contributed by atoms with van der Waals surface area (Å²) in [6.45, 7) is 6.08. The van der Waals surface area contributed by atoms with Crippen LogP contribution in [0.5, 0.6) is 5.75 Å². The first kappa shape index (κ1) is 21.8. The smallest absolute Gasteiger partial charge is 0.290 e. The highest BCUT2D eigenvalue weighted by Gasteiger charge is 2.39. The molecule has 1 N–H and O–H groups in total. The zero-order valence-electron chi connectivity index (χ0n) is 17.4. The monoisotopic (exact) mass is 414 g/mol. The molecule has 4 rings (SSSR count). The lowest BCUT2D eigenvalue weighted by Crippen LogP contribution is -2.58. The maximum Gasteiger partial charge on any atom is 0.290 e. The van der Waals surface area contributed by atoms with Gasteiger partial charge in [-0.2, -0.15) is 0 Å². The van der Waals surface area contributed by atoms with Gasteiger partial charge in [0.25, 0.3) is 6.47 Å². The first-order valence-electron chi connectivity index (χ1n) is 10.4. The Bertz CT molecular complexity index is 811. The average Bonchev–Trinajstić information content (AvgIpc) is 3.42. The summed E-state index contributed by atoms with van der Waals surface area (Å²) in [6.07, 6.45) is 8.80. The highest BCUT2D eigenvalue weighted by Crippen LogP contribution is 2.27. The van der Waals surface area contributed by atoms with Crippen LogP contribution in [-0.2, 0) is 22.7 Å². The number of benzene rings is 1. The third-order valence-electron chi connectivity index (χ3n) is 5.68. The van der Waals surface area contributed by atoms with Gasteiger partial charge in [-0.25, -0.2) is 4.98 Å². The minimum atomic E-state index is -0.250. The zero-order valence-corrected chi connectivity index (χ0v) is 17.4. The van der Waals surface area contributed by atoms with Crippen molar-refractivity contribution in [1.82, 2.24) is 19.4 Å². The highest BCUT2D eigenvalue weighted by molar-refractivity contribution is 5.83. The van der Waals surface area contributed by atoms with Crippen molar-refractivity contribution in [3.8, 4) is 5.75 Å². The van der Waals surface area contributed by atoms with Gasteiger partial charge < -0.3 is 19.3 Å². The Labute approximate surface area is 177 Å². The predicted octanol–water partition coefficient (Wildman–Crippen LogP) is 2.25. The Hall–Kier alpha value is -2.87. The third kappa shape index (κ3) is 5.60. The summed E-state index contributed by atoms with van der Waals surface area (Å²) in [5, 5.41) is 6.89. The van der Waals surface area contributed by atoms with Crippen LogP contribution >= 0.6 is 0 Å². The lowest BCUT2D eigenvalue weighted by molar-refractivity contribution is -0.143. The maximum absolute atomic E-state index is 12.6. The Balaban J connectivity index is 0.000000806. The Morgan fingerprint density at radius 1 is 1.37 bits per heavy atom. The number of aryl methyl sites for hydroxylation is 1. The van der Waals surface area contributed by atoms with E-state index in [9.17, 15) is 4.79 Å². The quantitative estimate of drug-likeness (QED) is 0.552. The summed E-state index contributed by atoms with van der Waals surface area (Å²) in [7, 11) is 0. The second-order valence-corrected chi connectivity index (χ2v) is 7.69. The van der Waals surface area contributed by atoms with Gasteiger partial charge in [0.15, 0.2) is 0 Å². The van der Waals surface area contributed by atoms with Crippen LogP contribution in [0.4, 0.5) is 0 Å². The molecule has 0 spiro atoms. The van der Waals surface area contributed by atoms with Crippen LogP contribution in [0.15, 0.2) is 43.0 Å². The van der Waals surface area contributed by atoms with Gasteiger partial charge in [-0.05, 0) is 43.9 Å². The van der Waals surface area contributed by atoms with E-state index in [1.54, 1.807) is 6.20 Å². The van der Waals surface area contributed by atoms with Crippen LogP contribution in [0.3, 0.4) is 0 Å². The number of aromatic nitrogens is 2. The molecule has 8 heteroatoms. The van der Waals surface area contributed by atoms with Gasteiger partial charge in [0.1, 0.15) is 5.75 Å². The van der Waals surface area contributed by atoms with Crippen molar-refractivity contribution >= 4 is 12.4 Å². The number of piperazine rings is 1. The van der Waals surface area contributed by atoms with Crippen molar-refractivity contribution in [2.75, 3.05) is 19.7 Å². The van der Waals surface area contributed by atoms with E-state index in [2.05, 4.69) is 31.5 Å². The summed E-state index contributed by atoms with van der Waals surface area (Å²) in [6, 6.07) is 8.63. The highest BCUT2D eigenvalue weighted by atomic mass is 16.5. The molecule has 1 aromatic carbocycles. The lowest BCUT2D eigenvalue weighted by Gasteiger charge is -2.41. The van der Waals surface area contributed by atoms with E-state index in [-0.39, 0.29) is 18.4 Å². The van der Waals surface area contributed by atoms with Crippen molar-refractivity contribution in [1.29, 1.82) is 0 Å². The van der Waals surface area contributed by atoms with Gasteiger partial charge in [-0.1, -0.05) is 12.1 Å². The van der Waals surface area contributed by atoms with E-state index in [1.165, 1.54) is 5.56 Å². The number of hydrogen-bond acceptors (Lipinski definition) is 5. The van der Waals surface area contributed by atoms with Crippen LogP contribution in [0.2, 0.25) is 0 Å². The Morgan fingerprint density at radius 3 is 2.97 bits per heavy atom. The maximum atomic E-state index is 12.6. The fraction of sp³-hybridized carbons (Fsp3) is 0.500. The molecule has 3 heterocycles. The number of carboxylic acid groups (broad SMARTS) is 1. The van der Waals surface area contributed by atoms with Gasteiger partial charge in [0.2, 0.25) is 5.91 Å². The second-order valence-electron chi connectivity index (χ2n) is 7.69. The van der Waals surface area contributed by atoms with Gasteiger partial charge >= 0.3 is 0 Å². The van der Waals surface area contributed by atoms with E-state index in [0.29, 0.717) is 12.6 Å². The lowest BCUT2D eigenvalue weighted by atomic mass is 10.1. The molecule has 1 aromatic heterocycles. The summed E-state index contributed by atoms with van der Waals surface area (Å²) in [5.41, 5.74) is 1.20. The summed E-state index contributed by atoms with van der Waals surface area (Å²) < 4.78 is 7.98. The first-order chi connectivity index (χ1) is 14.6. The molecular weight excluding hydrogens is 384 g/mol. The van der Waals surface area contributed by atoms with E-state index in [4.69, 9.17) is 14.6 Å². The molecule has 2 aliphatic rings. The van der Waals surface area contributed by atoms with E-state index < -0.39 is 0 Å². The largest absolute Gasteiger partial charge is 0.494 e. The normalized spacial score (nSPS) is 21.0. The topological polar surface area (TPSA) is 87.9 Å². The Kier molecular flexibility index (Phi) is 7.84. The fourth-order valence-corrected chi connectivity index (χ4v) is 4.17. The molecular formula is C22H30N4O4. The molecule has 0 bridgehead atoms. The summed E-state index contributed by atoms with van der Waals surface area (Å²) in [4.78, 5) is 29.4. The van der Waals surface area contributed by atoms with Crippen molar-refractivity contribution < 1.29 is 19.4 Å². The molecule has 2 fully saturated rings. The van der Waals surface area contributed by atoms with Gasteiger partial charge in [-0.3, -0.25) is 14.5 Å². The summed E-state index contributed by atoms with van der Waals surface area (Å²) >= 11 is 0. The SMILES string of the molecule is C[C@@H]1C(=O)N2CCC[C@@H]2CN1Cc1cccc(OCCCn2ccnc2)c1.O=CO. The van der Waals surface area contributed by atoms with Crippen LogP contribution in [0.25, 0.3) is 0 Å². The van der Waals surface area contributed by atoms with Gasteiger partial charge in [0.05, 0.1) is 19.0 Å². The van der Waals surface area contributed by atoms with E-state index in [0.717, 1.165) is 51.2 Å². The van der Waals surface area contributed by atoms with Gasteiger partial charge in [0, 0.05) is 44.6 Å². The molecule has 1 amide bonds. The minimum absolute atomic E-state index is 0.0425. The fourth-order valence-electron chi connectivity index (χ4n) is 4.17. The van der Waals surface area contributed by atoms with Crippen LogP contribution < -0.4 is 4.74 Å². The second kappa shape index (κ2) is 10.8. The minimum Gasteiger partial charge on any atom is -0.494 e. The molecule has 0 saturated carbocycles. The number of nitrogens with zero attached hydrogens (tertiary/aromatic N) is 4. The van der Waals surface area contributed by atoms with Gasteiger partial charge in [-0.15, -0.1) is 0 Å². The number of fused-ring (bicyclic) bond motifs is 1. The zero-order chi connectivity index (χ0) is 21.3. The number of carbonyl (C=O) groups excluding carboxylic acids is 1. The third-order valence-corrected chi connectivity index (χ3v) is 5.68. The number of amides is 1. The number of carbonyl (C=O) groups is 2. The first-order valence-corrected chi connectivity index (χ1v) is 10.4. The molecule has 162 valence electrons.